The summed E-state index contributed by atoms with van der Waals surface area (Å²) in [5.74, 6) is 0.619. The average molecular weight is 677 g/mol. The Morgan fingerprint density at radius 2 is 1.13 bits per heavy atom. The summed E-state index contributed by atoms with van der Waals surface area (Å²) in [4.78, 5) is 10.8. The summed E-state index contributed by atoms with van der Waals surface area (Å²) < 4.78 is 11.4. The predicted octanol–water partition coefficient (Wildman–Crippen LogP) is 12.5. The minimum absolute atomic E-state index is 0.619. The molecule has 5 nitrogen and oxygen atoms in total. The monoisotopic (exact) mass is 676 g/mol. The average Bonchev–Trinajstić information content (AvgIpc) is 3.88. The summed E-state index contributed by atoms with van der Waals surface area (Å²) in [6, 6.07) is 60.0. The second kappa shape index (κ2) is 10.6. The summed E-state index contributed by atoms with van der Waals surface area (Å²) in [7, 11) is 0. The van der Waals surface area contributed by atoms with Gasteiger partial charge in [-0.05, 0) is 65.4 Å². The van der Waals surface area contributed by atoms with E-state index >= 15 is 0 Å². The summed E-state index contributed by atoms with van der Waals surface area (Å²) in [6.07, 6.45) is 0. The van der Waals surface area contributed by atoms with Crippen molar-refractivity contribution in [3.8, 4) is 22.9 Å². The molecule has 53 heavy (non-hydrogen) atoms. The van der Waals surface area contributed by atoms with Gasteiger partial charge in [0.15, 0.2) is 0 Å². The molecule has 8 aromatic carbocycles. The van der Waals surface area contributed by atoms with Gasteiger partial charge in [-0.25, -0.2) is 9.97 Å². The third kappa shape index (κ3) is 3.96. The van der Waals surface area contributed by atoms with Crippen LogP contribution in [-0.2, 0) is 0 Å². The largest absolute Gasteiger partial charge is 0.455 e. The lowest BCUT2D eigenvalue weighted by Crippen LogP contribution is -2.03. The molecule has 0 spiro atoms. The molecule has 5 heteroatoms. The van der Waals surface area contributed by atoms with Crippen LogP contribution in [0.4, 0.5) is 0 Å². The van der Waals surface area contributed by atoms with Crippen LogP contribution in [0.1, 0.15) is 0 Å². The van der Waals surface area contributed by atoms with E-state index in [9.17, 15) is 0 Å². The zero-order chi connectivity index (χ0) is 34.6. The molecule has 0 saturated carbocycles. The number of hydrogen-bond donors (Lipinski definition) is 0. The SMILES string of the molecule is c1ccc(-c2nc(-n3c4ccc5c6ccccc6oc5c4c4ccc5c(c6ccccc6n5-c5ccc6ccccc6c5)c43)nc3ccccc23)cc1. The summed E-state index contributed by atoms with van der Waals surface area (Å²) in [5, 5.41) is 10.1. The number of para-hydroxylation sites is 3. The number of fused-ring (bicyclic) bond motifs is 13. The van der Waals surface area contributed by atoms with Gasteiger partial charge in [0.1, 0.15) is 11.2 Å². The molecule has 0 fully saturated rings. The fourth-order valence-electron chi connectivity index (χ4n) is 8.60. The number of furan rings is 1. The molecule has 0 aliphatic carbocycles. The first-order chi connectivity index (χ1) is 26.3. The van der Waals surface area contributed by atoms with Gasteiger partial charge in [0.05, 0.1) is 38.7 Å². The van der Waals surface area contributed by atoms with Crippen molar-refractivity contribution in [2.24, 2.45) is 0 Å². The van der Waals surface area contributed by atoms with Crippen molar-refractivity contribution in [3.05, 3.63) is 170 Å². The molecule has 12 rings (SSSR count). The maximum absolute atomic E-state index is 6.74. The lowest BCUT2D eigenvalue weighted by atomic mass is 10.1. The fourth-order valence-corrected chi connectivity index (χ4v) is 8.60. The maximum Gasteiger partial charge on any atom is 0.235 e. The quantitative estimate of drug-likeness (QED) is 0.187. The first-order valence-corrected chi connectivity index (χ1v) is 17.9. The minimum atomic E-state index is 0.619. The fraction of sp³-hybridized carbons (Fsp3) is 0. The molecular weight excluding hydrogens is 649 g/mol. The van der Waals surface area contributed by atoms with Crippen LogP contribution in [0.2, 0.25) is 0 Å². The highest BCUT2D eigenvalue weighted by molar-refractivity contribution is 6.31. The molecule has 0 saturated heterocycles. The van der Waals surface area contributed by atoms with Crippen molar-refractivity contribution in [1.29, 1.82) is 0 Å². The molecule has 12 aromatic rings. The molecule has 4 aromatic heterocycles. The van der Waals surface area contributed by atoms with E-state index in [-0.39, 0.29) is 0 Å². The third-order valence-electron chi connectivity index (χ3n) is 10.9. The van der Waals surface area contributed by atoms with Gasteiger partial charge in [-0.3, -0.25) is 4.57 Å². The molecular formula is C48H28N4O. The second-order valence-corrected chi connectivity index (χ2v) is 13.8. The smallest absolute Gasteiger partial charge is 0.235 e. The van der Waals surface area contributed by atoms with Gasteiger partial charge in [-0.15, -0.1) is 0 Å². The number of benzene rings is 8. The van der Waals surface area contributed by atoms with Crippen molar-refractivity contribution in [3.63, 3.8) is 0 Å². The van der Waals surface area contributed by atoms with Crippen molar-refractivity contribution in [1.82, 2.24) is 19.1 Å². The maximum atomic E-state index is 6.74. The molecule has 0 radical (unpaired) electrons. The molecule has 4 heterocycles. The Labute approximate surface area is 302 Å². The van der Waals surface area contributed by atoms with E-state index in [2.05, 4.69) is 155 Å². The van der Waals surface area contributed by atoms with Crippen LogP contribution in [0, 0.1) is 0 Å². The molecule has 0 aliphatic heterocycles. The summed E-state index contributed by atoms with van der Waals surface area (Å²) in [5.41, 5.74) is 10.00. The van der Waals surface area contributed by atoms with Crippen LogP contribution in [0.3, 0.4) is 0 Å². The molecule has 0 aliphatic rings. The third-order valence-corrected chi connectivity index (χ3v) is 10.9. The Kier molecular flexibility index (Phi) is 5.71. The van der Waals surface area contributed by atoms with Crippen LogP contribution in [-0.4, -0.2) is 19.1 Å². The Morgan fingerprint density at radius 3 is 2.02 bits per heavy atom. The normalized spacial score (nSPS) is 12.2. The van der Waals surface area contributed by atoms with Gasteiger partial charge >= 0.3 is 0 Å². The van der Waals surface area contributed by atoms with E-state index in [4.69, 9.17) is 14.4 Å². The summed E-state index contributed by atoms with van der Waals surface area (Å²) in [6.45, 7) is 0. The van der Waals surface area contributed by atoms with Gasteiger partial charge in [0.25, 0.3) is 0 Å². The molecule has 0 amide bonds. The topological polar surface area (TPSA) is 48.8 Å². The van der Waals surface area contributed by atoms with Crippen molar-refractivity contribution in [2.75, 3.05) is 0 Å². The minimum Gasteiger partial charge on any atom is -0.455 e. The lowest BCUT2D eigenvalue weighted by molar-refractivity contribution is 0.673. The van der Waals surface area contributed by atoms with Crippen molar-refractivity contribution in [2.45, 2.75) is 0 Å². The van der Waals surface area contributed by atoms with Crippen LogP contribution >= 0.6 is 0 Å². The van der Waals surface area contributed by atoms with E-state index in [0.29, 0.717) is 5.95 Å². The van der Waals surface area contributed by atoms with Gasteiger partial charge < -0.3 is 8.98 Å². The van der Waals surface area contributed by atoms with Crippen molar-refractivity contribution >= 4 is 87.2 Å². The van der Waals surface area contributed by atoms with Crippen LogP contribution in [0.25, 0.3) is 110 Å². The molecule has 246 valence electrons. The highest BCUT2D eigenvalue weighted by Gasteiger charge is 2.25. The van der Waals surface area contributed by atoms with Crippen LogP contribution in [0.5, 0.6) is 0 Å². The first kappa shape index (κ1) is 28.5. The highest BCUT2D eigenvalue weighted by Crippen LogP contribution is 2.45. The van der Waals surface area contributed by atoms with Crippen molar-refractivity contribution < 1.29 is 4.42 Å². The van der Waals surface area contributed by atoms with E-state index in [1.54, 1.807) is 0 Å². The van der Waals surface area contributed by atoms with Crippen LogP contribution in [0.15, 0.2) is 174 Å². The second-order valence-electron chi connectivity index (χ2n) is 13.8. The summed E-state index contributed by atoms with van der Waals surface area (Å²) >= 11 is 0. The Balaban J connectivity index is 1.29. The number of hydrogen-bond acceptors (Lipinski definition) is 3. The van der Waals surface area contributed by atoms with Gasteiger partial charge in [0, 0.05) is 43.6 Å². The standard InChI is InChI=1S/C48H28N4O/c1-2-13-30(14-3-1)45-35-17-6-9-19-38(35)49-48(50-45)52-41-26-24-34-33-16-8-11-21-42(33)53-47(34)44(41)37-25-27-40-43(46(37)52)36-18-7-10-20-39(36)51(40)32-23-22-29-12-4-5-15-31(29)28-32/h1-28H. The zero-order valence-corrected chi connectivity index (χ0v) is 28.4. The molecule has 0 atom stereocenters. The molecule has 0 unspecified atom stereocenters. The van der Waals surface area contributed by atoms with Gasteiger partial charge in [0.2, 0.25) is 5.95 Å². The molecule has 0 N–H and O–H groups in total. The zero-order valence-electron chi connectivity index (χ0n) is 28.4. The Morgan fingerprint density at radius 1 is 0.434 bits per heavy atom. The number of rotatable bonds is 3. The number of aromatic nitrogens is 4. The van der Waals surface area contributed by atoms with E-state index < -0.39 is 0 Å². The first-order valence-electron chi connectivity index (χ1n) is 17.9. The Hall–Kier alpha value is -7.24. The molecule has 0 bridgehead atoms. The van der Waals surface area contributed by atoms with Crippen LogP contribution < -0.4 is 0 Å². The van der Waals surface area contributed by atoms with E-state index in [0.717, 1.165) is 93.4 Å². The highest BCUT2D eigenvalue weighted by atomic mass is 16.3. The lowest BCUT2D eigenvalue weighted by Gasteiger charge is -2.12. The number of nitrogens with zero attached hydrogens (tertiary/aromatic N) is 4. The van der Waals surface area contributed by atoms with Gasteiger partial charge in [-0.2, -0.15) is 0 Å². The Bertz CT molecular complexity index is 3460. The van der Waals surface area contributed by atoms with E-state index in [1.807, 2.05) is 24.3 Å². The van der Waals surface area contributed by atoms with Gasteiger partial charge in [-0.1, -0.05) is 115 Å². The van der Waals surface area contributed by atoms with E-state index in [1.165, 1.54) is 10.8 Å². The predicted molar refractivity (Wildman–Crippen MR) is 218 cm³/mol.